The Kier molecular flexibility index (Phi) is 11.6. The van der Waals surface area contributed by atoms with Crippen molar-refractivity contribution in [3.8, 4) is 0 Å². The number of carbonyl (C=O) groups excluding carboxylic acids is 4. The summed E-state index contributed by atoms with van der Waals surface area (Å²) in [6.45, 7) is 17.4. The van der Waals surface area contributed by atoms with Crippen LogP contribution in [-0.2, 0) is 80.8 Å². The van der Waals surface area contributed by atoms with E-state index in [-0.39, 0.29) is 32.3 Å². The third-order valence-corrected chi connectivity index (χ3v) is 11.6. The predicted molar refractivity (Wildman–Crippen MR) is 199 cm³/mol. The molecular weight excluding hydrogens is 796 g/mol. The van der Waals surface area contributed by atoms with Crippen LogP contribution < -0.4 is 21.7 Å². The summed E-state index contributed by atoms with van der Waals surface area (Å²) in [6, 6.07) is 0. The molecule has 0 unspecified atom stereocenters. The molecule has 0 aromatic heterocycles. The second-order valence-electron chi connectivity index (χ2n) is 18.6. The predicted octanol–water partition coefficient (Wildman–Crippen LogP) is -1.60. The number of esters is 1. The van der Waals surface area contributed by atoms with Crippen molar-refractivity contribution in [2.45, 2.75) is 196 Å². The van der Waals surface area contributed by atoms with Gasteiger partial charge in [0.15, 0.2) is 47.6 Å². The lowest BCUT2D eigenvalue weighted by molar-refractivity contribution is -0.197. The zero-order chi connectivity index (χ0) is 43.3. The Balaban J connectivity index is 0.875. The van der Waals surface area contributed by atoms with Gasteiger partial charge in [0, 0.05) is 26.2 Å². The van der Waals surface area contributed by atoms with Crippen LogP contribution in [-0.4, -0.2) is 177 Å². The van der Waals surface area contributed by atoms with Crippen LogP contribution in [0.5, 0.6) is 0 Å². The molecule has 0 spiro atoms. The minimum absolute atomic E-state index is 0.0164. The van der Waals surface area contributed by atoms with E-state index in [0.717, 1.165) is 0 Å². The van der Waals surface area contributed by atoms with Gasteiger partial charge in [-0.25, -0.2) is 4.79 Å². The Labute approximate surface area is 348 Å². The summed E-state index contributed by atoms with van der Waals surface area (Å²) in [6.07, 6.45) is -12.9. The fourth-order valence-corrected chi connectivity index (χ4v) is 9.44. The van der Waals surface area contributed by atoms with Gasteiger partial charge in [-0.2, -0.15) is 0 Å². The molecule has 60 heavy (non-hydrogen) atoms. The van der Waals surface area contributed by atoms with Crippen molar-refractivity contribution in [2.75, 3.05) is 26.2 Å². The van der Waals surface area contributed by atoms with Gasteiger partial charge in [0.25, 0.3) is 17.7 Å². The zero-order valence-corrected chi connectivity index (χ0v) is 35.7. The number of nitrogens with one attached hydrogen (secondary N) is 3. The molecule has 3 amide bonds. The van der Waals surface area contributed by atoms with E-state index in [4.69, 9.17) is 67.3 Å². The average molecular weight is 857 g/mol. The van der Waals surface area contributed by atoms with Crippen LogP contribution in [0.4, 0.5) is 0 Å². The minimum Gasteiger partial charge on any atom is -0.461 e. The Morgan fingerprint density at radius 3 is 1.05 bits per heavy atom. The lowest BCUT2D eigenvalue weighted by Crippen LogP contribution is -2.47. The molecule has 8 saturated heterocycles. The molecule has 0 radical (unpaired) electrons. The molecule has 0 bridgehead atoms. The number of fused-ring (bicyclic) bond motifs is 4. The van der Waals surface area contributed by atoms with E-state index in [1.54, 1.807) is 69.2 Å². The molecular formula is C39H60N4O17. The number of hydrogen-bond donors (Lipinski definition) is 4. The minimum atomic E-state index is -1.12. The van der Waals surface area contributed by atoms with Gasteiger partial charge in [-0.15, -0.1) is 0 Å². The Morgan fingerprint density at radius 2 is 0.733 bits per heavy atom. The molecule has 8 aliphatic rings. The van der Waals surface area contributed by atoms with Crippen LogP contribution in [0.2, 0.25) is 0 Å². The van der Waals surface area contributed by atoms with Crippen LogP contribution in [0.15, 0.2) is 0 Å². The maximum absolute atomic E-state index is 13.9. The van der Waals surface area contributed by atoms with Crippen LogP contribution in [0, 0.1) is 0 Å². The number of amides is 3. The summed E-state index contributed by atoms with van der Waals surface area (Å²) in [4.78, 5) is 54.0. The number of nitrogens with two attached hydrogens (primary N) is 1. The molecule has 8 aliphatic heterocycles. The van der Waals surface area contributed by atoms with Gasteiger partial charge in [0.1, 0.15) is 67.1 Å². The van der Waals surface area contributed by atoms with Crippen LogP contribution in [0.25, 0.3) is 0 Å². The topological polar surface area (TPSA) is 250 Å². The summed E-state index contributed by atoms with van der Waals surface area (Å²) in [5, 5.41) is 8.62. The molecule has 21 nitrogen and oxygen atoms in total. The first kappa shape index (κ1) is 44.0. The maximum atomic E-state index is 13.9. The van der Waals surface area contributed by atoms with Crippen molar-refractivity contribution in [1.29, 1.82) is 0 Å². The highest BCUT2D eigenvalue weighted by Crippen LogP contribution is 2.43. The van der Waals surface area contributed by atoms with Crippen molar-refractivity contribution in [3.63, 3.8) is 0 Å². The van der Waals surface area contributed by atoms with Crippen LogP contribution >= 0.6 is 0 Å². The molecule has 5 N–H and O–H groups in total. The first-order valence-electron chi connectivity index (χ1n) is 20.8. The van der Waals surface area contributed by atoms with Crippen molar-refractivity contribution in [2.24, 2.45) is 5.73 Å². The van der Waals surface area contributed by atoms with E-state index >= 15 is 0 Å². The van der Waals surface area contributed by atoms with Gasteiger partial charge in [-0.1, -0.05) is 0 Å². The highest BCUT2D eigenvalue weighted by molar-refractivity contribution is 5.84. The van der Waals surface area contributed by atoms with Crippen molar-refractivity contribution in [3.05, 3.63) is 0 Å². The van der Waals surface area contributed by atoms with E-state index in [2.05, 4.69) is 16.0 Å². The smallest absolute Gasteiger partial charge is 0.338 e. The third kappa shape index (κ3) is 8.55. The lowest BCUT2D eigenvalue weighted by atomic mass is 10.1. The summed E-state index contributed by atoms with van der Waals surface area (Å²) in [7, 11) is 0. The normalized spacial score (nSPS) is 43.7. The molecule has 0 aromatic carbocycles. The van der Waals surface area contributed by atoms with E-state index in [1.165, 1.54) is 0 Å². The van der Waals surface area contributed by atoms with E-state index in [9.17, 15) is 19.2 Å². The molecule has 0 saturated carbocycles. The fourth-order valence-electron chi connectivity index (χ4n) is 9.44. The molecule has 338 valence electrons. The van der Waals surface area contributed by atoms with Crippen molar-refractivity contribution in [1.82, 2.24) is 16.0 Å². The molecule has 0 aromatic rings. The Morgan fingerprint density at radius 1 is 0.467 bits per heavy atom. The fraction of sp³-hybridized carbons (Fsp3) is 0.897. The number of hydrogen-bond acceptors (Lipinski definition) is 18. The first-order chi connectivity index (χ1) is 28.0. The number of ether oxygens (including phenoxy) is 13. The van der Waals surface area contributed by atoms with Gasteiger partial charge in [-0.3, -0.25) is 14.4 Å². The van der Waals surface area contributed by atoms with E-state index < -0.39 is 145 Å². The van der Waals surface area contributed by atoms with E-state index in [0.29, 0.717) is 0 Å². The number of carbonyl (C=O) groups is 4. The van der Waals surface area contributed by atoms with Gasteiger partial charge >= 0.3 is 5.97 Å². The van der Waals surface area contributed by atoms with E-state index in [1.807, 2.05) is 0 Å². The summed E-state index contributed by atoms with van der Waals surface area (Å²) in [5.74, 6) is -6.00. The van der Waals surface area contributed by atoms with Gasteiger partial charge in [-0.05, 0) is 69.2 Å². The largest absolute Gasteiger partial charge is 0.461 e. The standard InChI is InChI=1S/C39H60N4O17/c1-15(2)48-35(47)31-27-23(56-39(9,10)60-27)19(52-31)14-43-34(46)30-26-22(55-38(7,8)59-26)18(51-30)13-42-33(45)29-25-21(54-37(5,6)58-25)17(50-29)12-41-32(44)28-24-20(16(11-40)49-28)53-36(3,4)57-24/h15-31H,11-14,40H2,1-10H3,(H,41,44)(H,42,45)(H,43,46)/t16-,17-,18-,19-,20+,21+,22+,23+,24+,25+,26+,27+,28-,29-,30-,31-/m1/s1. The van der Waals surface area contributed by atoms with Crippen LogP contribution in [0.3, 0.4) is 0 Å². The van der Waals surface area contributed by atoms with Gasteiger partial charge in [0.2, 0.25) is 0 Å². The first-order valence-corrected chi connectivity index (χ1v) is 20.8. The highest BCUT2D eigenvalue weighted by Gasteiger charge is 2.62. The Bertz CT molecular complexity index is 1680. The summed E-state index contributed by atoms with van der Waals surface area (Å²) < 4.78 is 78.4. The summed E-state index contributed by atoms with van der Waals surface area (Å²) >= 11 is 0. The maximum Gasteiger partial charge on any atom is 0.338 e. The SMILES string of the molecule is CC(C)OC(=O)[C@@H]1O[C@H](CNC(=O)[C@@H]2O[C@H](CNC(=O)[C@@H]3O[C@H](CNC(=O)[C@@H]4O[C@H](CN)[C@@H]5OC(C)(C)O[C@@H]54)[C@@H]4OC(C)(C)O[C@@H]43)[C@@H]3OC(C)(C)O[C@@H]32)[C@@H]2OC(C)(C)O[C@@H]21. The van der Waals surface area contributed by atoms with Gasteiger partial charge < -0.3 is 83.3 Å². The Hall–Kier alpha value is -2.64. The average Bonchev–Trinajstić information content (AvgIpc) is 4.01. The third-order valence-electron chi connectivity index (χ3n) is 11.6. The molecule has 8 rings (SSSR count). The molecule has 8 fully saturated rings. The zero-order valence-electron chi connectivity index (χ0n) is 35.7. The molecule has 21 heteroatoms. The van der Waals surface area contributed by atoms with Gasteiger partial charge in [0.05, 0.1) is 12.2 Å². The summed E-state index contributed by atoms with van der Waals surface area (Å²) in [5.41, 5.74) is 5.90. The number of rotatable bonds is 12. The second kappa shape index (κ2) is 15.9. The monoisotopic (exact) mass is 856 g/mol. The quantitative estimate of drug-likeness (QED) is 0.161. The second-order valence-corrected chi connectivity index (χ2v) is 18.6. The van der Waals surface area contributed by atoms with Crippen molar-refractivity contribution >= 4 is 23.7 Å². The molecule has 0 aliphatic carbocycles. The van der Waals surface area contributed by atoms with Crippen molar-refractivity contribution < 1.29 is 80.8 Å². The molecule has 16 atom stereocenters. The highest BCUT2D eigenvalue weighted by atomic mass is 16.8. The lowest BCUT2D eigenvalue weighted by Gasteiger charge is -2.26. The van der Waals surface area contributed by atoms with Crippen LogP contribution in [0.1, 0.15) is 69.2 Å². The molecule has 8 heterocycles.